The number of carbonyl (C=O) groups is 2. The molecule has 0 bridgehead atoms. The molecular formula is C24H17F2NO4. The van der Waals surface area contributed by atoms with Crippen molar-refractivity contribution in [1.82, 2.24) is 5.32 Å². The van der Waals surface area contributed by atoms with Crippen LogP contribution in [0.25, 0.3) is 33.4 Å². The van der Waals surface area contributed by atoms with Gasteiger partial charge in [0.05, 0.1) is 16.5 Å². The fourth-order valence-corrected chi connectivity index (χ4v) is 3.57. The number of carbonyl (C=O) groups excluding carboxylic acids is 1. The van der Waals surface area contributed by atoms with Crippen molar-refractivity contribution in [1.29, 1.82) is 0 Å². The third-order valence-electron chi connectivity index (χ3n) is 5.05. The van der Waals surface area contributed by atoms with Crippen LogP contribution in [-0.2, 0) is 0 Å². The Morgan fingerprint density at radius 2 is 1.68 bits per heavy atom. The molecule has 1 amide bonds. The van der Waals surface area contributed by atoms with E-state index >= 15 is 4.39 Å². The second-order valence-corrected chi connectivity index (χ2v) is 7.05. The fourth-order valence-electron chi connectivity index (χ4n) is 3.57. The van der Waals surface area contributed by atoms with Gasteiger partial charge in [0, 0.05) is 18.2 Å². The van der Waals surface area contributed by atoms with Crippen molar-refractivity contribution in [2.45, 2.75) is 6.92 Å². The molecule has 0 radical (unpaired) electrons. The van der Waals surface area contributed by atoms with Crippen LogP contribution in [0.1, 0.15) is 26.3 Å². The number of carboxylic acids is 1. The maximum atomic E-state index is 15.8. The van der Waals surface area contributed by atoms with Gasteiger partial charge in [0.25, 0.3) is 5.91 Å². The van der Waals surface area contributed by atoms with Gasteiger partial charge in [-0.25, -0.2) is 13.6 Å². The lowest BCUT2D eigenvalue weighted by Gasteiger charge is -2.10. The van der Waals surface area contributed by atoms with Gasteiger partial charge in [0.2, 0.25) is 0 Å². The molecule has 0 spiro atoms. The Hall–Kier alpha value is -4.00. The molecule has 4 rings (SSSR count). The molecule has 2 N–H and O–H groups in total. The highest BCUT2D eigenvalue weighted by Gasteiger charge is 2.27. The van der Waals surface area contributed by atoms with E-state index in [0.29, 0.717) is 5.56 Å². The minimum Gasteiger partial charge on any atom is -0.478 e. The zero-order chi connectivity index (χ0) is 22.3. The van der Waals surface area contributed by atoms with Gasteiger partial charge in [-0.3, -0.25) is 4.79 Å². The maximum absolute atomic E-state index is 15.8. The third kappa shape index (κ3) is 3.44. The molecular weight excluding hydrogens is 404 g/mol. The molecule has 1 heterocycles. The average molecular weight is 421 g/mol. The molecule has 31 heavy (non-hydrogen) atoms. The molecule has 4 aromatic rings. The van der Waals surface area contributed by atoms with Crippen molar-refractivity contribution in [3.05, 3.63) is 82.9 Å². The lowest BCUT2D eigenvalue weighted by Crippen LogP contribution is -2.18. The highest BCUT2D eigenvalue weighted by atomic mass is 19.1. The summed E-state index contributed by atoms with van der Waals surface area (Å²) in [5.74, 6) is -2.93. The van der Waals surface area contributed by atoms with Gasteiger partial charge in [-0.1, -0.05) is 17.7 Å². The number of carboxylic acid groups (broad SMARTS) is 1. The SMILES string of the molecule is CNC(=O)c1c(-c2ccc(F)cc2)oc2ccc(-c3cc(C)ccc3C(=O)O)c(F)c12. The van der Waals surface area contributed by atoms with E-state index < -0.39 is 23.5 Å². The molecule has 0 aliphatic heterocycles. The van der Waals surface area contributed by atoms with Gasteiger partial charge in [0.1, 0.15) is 23.0 Å². The van der Waals surface area contributed by atoms with Crippen molar-refractivity contribution in [3.63, 3.8) is 0 Å². The smallest absolute Gasteiger partial charge is 0.336 e. The molecule has 0 aliphatic carbocycles. The van der Waals surface area contributed by atoms with Crippen LogP contribution in [0.3, 0.4) is 0 Å². The van der Waals surface area contributed by atoms with Crippen molar-refractivity contribution >= 4 is 22.8 Å². The number of nitrogens with one attached hydrogen (secondary N) is 1. The molecule has 3 aromatic carbocycles. The number of benzene rings is 3. The minimum absolute atomic E-state index is 0.0326. The summed E-state index contributed by atoms with van der Waals surface area (Å²) < 4.78 is 34.9. The minimum atomic E-state index is -1.19. The Morgan fingerprint density at radius 1 is 0.968 bits per heavy atom. The van der Waals surface area contributed by atoms with Gasteiger partial charge < -0.3 is 14.8 Å². The first-order valence-electron chi connectivity index (χ1n) is 9.39. The number of amides is 1. The third-order valence-corrected chi connectivity index (χ3v) is 5.05. The van der Waals surface area contributed by atoms with Gasteiger partial charge >= 0.3 is 5.97 Å². The standard InChI is InChI=1S/C24H17F2NO4/c1-12-3-8-16(24(29)30)17(11-12)15-9-10-18-19(21(15)26)20(23(28)27-2)22(31-18)13-4-6-14(25)7-5-13/h3-11H,1-2H3,(H,27,28)(H,29,30). The molecule has 156 valence electrons. The Bertz CT molecular complexity index is 1340. The fraction of sp³-hybridized carbons (Fsp3) is 0.0833. The number of hydrogen-bond acceptors (Lipinski definition) is 3. The average Bonchev–Trinajstić information content (AvgIpc) is 3.14. The number of aryl methyl sites for hydroxylation is 1. The summed E-state index contributed by atoms with van der Waals surface area (Å²) in [5.41, 5.74) is 1.39. The summed E-state index contributed by atoms with van der Waals surface area (Å²) in [7, 11) is 1.40. The van der Waals surface area contributed by atoms with Gasteiger partial charge in [0.15, 0.2) is 0 Å². The predicted molar refractivity (Wildman–Crippen MR) is 112 cm³/mol. The summed E-state index contributed by atoms with van der Waals surface area (Å²) in [5, 5.41) is 11.9. The highest BCUT2D eigenvalue weighted by Crippen LogP contribution is 2.39. The molecule has 7 heteroatoms. The number of fused-ring (bicyclic) bond motifs is 1. The van der Waals surface area contributed by atoms with E-state index in [1.54, 1.807) is 19.1 Å². The van der Waals surface area contributed by atoms with E-state index in [2.05, 4.69) is 5.32 Å². The zero-order valence-electron chi connectivity index (χ0n) is 16.6. The molecule has 0 unspecified atom stereocenters. The number of furan rings is 1. The largest absolute Gasteiger partial charge is 0.478 e. The second kappa shape index (κ2) is 7.68. The van der Waals surface area contributed by atoms with Crippen LogP contribution in [-0.4, -0.2) is 24.0 Å². The maximum Gasteiger partial charge on any atom is 0.336 e. The molecule has 0 atom stereocenters. The van der Waals surface area contributed by atoms with E-state index in [9.17, 15) is 19.1 Å². The van der Waals surface area contributed by atoms with Crippen LogP contribution in [0.4, 0.5) is 8.78 Å². The van der Waals surface area contributed by atoms with Crippen LogP contribution in [0.15, 0.2) is 59.0 Å². The number of halogens is 2. The van der Waals surface area contributed by atoms with Gasteiger partial charge in [-0.05, 0) is 55.0 Å². The molecule has 0 saturated heterocycles. The van der Waals surface area contributed by atoms with Crippen molar-refractivity contribution in [3.8, 4) is 22.5 Å². The predicted octanol–water partition coefficient (Wildman–Crippen LogP) is 5.41. The van der Waals surface area contributed by atoms with Crippen LogP contribution >= 0.6 is 0 Å². The number of hydrogen-bond donors (Lipinski definition) is 2. The molecule has 0 fully saturated rings. The van der Waals surface area contributed by atoms with Crippen molar-refractivity contribution in [2.24, 2.45) is 0 Å². The summed E-state index contributed by atoms with van der Waals surface area (Å²) >= 11 is 0. The monoisotopic (exact) mass is 421 g/mol. The Morgan fingerprint density at radius 3 is 2.32 bits per heavy atom. The van der Waals surface area contributed by atoms with Gasteiger partial charge in [-0.15, -0.1) is 0 Å². The van der Waals surface area contributed by atoms with Crippen LogP contribution in [0.5, 0.6) is 0 Å². The summed E-state index contributed by atoms with van der Waals surface area (Å²) in [4.78, 5) is 24.4. The van der Waals surface area contributed by atoms with E-state index in [4.69, 9.17) is 4.42 Å². The lowest BCUT2D eigenvalue weighted by molar-refractivity contribution is 0.0697. The topological polar surface area (TPSA) is 79.5 Å². The molecule has 1 aromatic heterocycles. The Balaban J connectivity index is 2.05. The van der Waals surface area contributed by atoms with Gasteiger partial charge in [-0.2, -0.15) is 0 Å². The van der Waals surface area contributed by atoms with E-state index in [1.165, 1.54) is 49.5 Å². The Labute approximate surface area is 175 Å². The van der Waals surface area contributed by atoms with Crippen LogP contribution < -0.4 is 5.32 Å². The van der Waals surface area contributed by atoms with E-state index in [1.807, 2.05) is 0 Å². The first-order valence-corrected chi connectivity index (χ1v) is 9.39. The quantitative estimate of drug-likeness (QED) is 0.462. The first kappa shape index (κ1) is 20.3. The number of aromatic carboxylic acids is 1. The molecule has 5 nitrogen and oxygen atoms in total. The summed E-state index contributed by atoms with van der Waals surface area (Å²) in [6, 6.07) is 12.8. The lowest BCUT2D eigenvalue weighted by atomic mass is 9.94. The number of rotatable bonds is 4. The normalized spacial score (nSPS) is 11.0. The highest BCUT2D eigenvalue weighted by molar-refractivity contribution is 6.12. The van der Waals surface area contributed by atoms with E-state index in [-0.39, 0.29) is 39.0 Å². The first-order chi connectivity index (χ1) is 14.8. The molecule has 0 saturated carbocycles. The van der Waals surface area contributed by atoms with Crippen LogP contribution in [0.2, 0.25) is 0 Å². The van der Waals surface area contributed by atoms with Crippen molar-refractivity contribution in [2.75, 3.05) is 7.05 Å². The van der Waals surface area contributed by atoms with Crippen LogP contribution in [0, 0.1) is 18.6 Å². The summed E-state index contributed by atoms with van der Waals surface area (Å²) in [6.07, 6.45) is 0. The summed E-state index contributed by atoms with van der Waals surface area (Å²) in [6.45, 7) is 1.77. The molecule has 0 aliphatic rings. The zero-order valence-corrected chi connectivity index (χ0v) is 16.6. The Kier molecular flexibility index (Phi) is 5.02. The second-order valence-electron chi connectivity index (χ2n) is 7.05. The van der Waals surface area contributed by atoms with Crippen molar-refractivity contribution < 1.29 is 27.9 Å². The van der Waals surface area contributed by atoms with E-state index in [0.717, 1.165) is 5.56 Å².